The molecule has 120 valence electrons. The molecule has 0 unspecified atom stereocenters. The van der Waals surface area contributed by atoms with Gasteiger partial charge >= 0.3 is 5.97 Å². The highest BCUT2D eigenvalue weighted by Gasteiger charge is 2.20. The van der Waals surface area contributed by atoms with Crippen molar-refractivity contribution in [3.8, 4) is 0 Å². The number of methoxy groups -OCH3 is 1. The second-order valence-electron chi connectivity index (χ2n) is 5.74. The molecule has 0 aliphatic carbocycles. The monoisotopic (exact) mass is 365 g/mol. The summed E-state index contributed by atoms with van der Waals surface area (Å²) in [6, 6.07) is 6.32. The maximum Gasteiger partial charge on any atom is 0.337 e. The zero-order chi connectivity index (χ0) is 16.3. The van der Waals surface area contributed by atoms with E-state index in [1.54, 1.807) is 0 Å². The lowest BCUT2D eigenvalue weighted by Gasteiger charge is -2.20. The van der Waals surface area contributed by atoms with Crippen molar-refractivity contribution in [2.75, 3.05) is 7.11 Å². The summed E-state index contributed by atoms with van der Waals surface area (Å²) in [7, 11) is 1.42. The predicted molar refractivity (Wildman–Crippen MR) is 94.6 cm³/mol. The minimum absolute atomic E-state index is 0.288. The molecule has 3 nitrogen and oxygen atoms in total. The molecular formula is C18H24BrNO2. The zero-order valence-corrected chi connectivity index (χ0v) is 15.4. The van der Waals surface area contributed by atoms with Crippen LogP contribution in [0.15, 0.2) is 22.8 Å². The third kappa shape index (κ3) is 3.07. The first kappa shape index (κ1) is 17.1. The highest BCUT2D eigenvalue weighted by atomic mass is 79.9. The number of rotatable bonds is 6. The van der Waals surface area contributed by atoms with Gasteiger partial charge in [-0.15, -0.1) is 0 Å². The Labute approximate surface area is 140 Å². The van der Waals surface area contributed by atoms with Gasteiger partial charge in [-0.25, -0.2) is 4.79 Å². The van der Waals surface area contributed by atoms with Crippen molar-refractivity contribution >= 4 is 32.8 Å². The summed E-state index contributed by atoms with van der Waals surface area (Å²) in [5.74, 6) is -0.288. The molecule has 4 heteroatoms. The predicted octanol–water partition coefficient (Wildman–Crippen LogP) is 5.64. The van der Waals surface area contributed by atoms with Crippen LogP contribution >= 0.6 is 15.9 Å². The first-order chi connectivity index (χ1) is 10.5. The fourth-order valence-electron chi connectivity index (χ4n) is 3.11. The van der Waals surface area contributed by atoms with Gasteiger partial charge in [-0.3, -0.25) is 0 Å². The van der Waals surface area contributed by atoms with Crippen molar-refractivity contribution < 1.29 is 9.53 Å². The Morgan fingerprint density at radius 1 is 1.27 bits per heavy atom. The van der Waals surface area contributed by atoms with E-state index in [2.05, 4.69) is 41.3 Å². The van der Waals surface area contributed by atoms with Crippen molar-refractivity contribution in [3.63, 3.8) is 0 Å². The van der Waals surface area contributed by atoms with Gasteiger partial charge in [-0.1, -0.05) is 26.7 Å². The molecule has 0 bridgehead atoms. The molecule has 1 heterocycles. The van der Waals surface area contributed by atoms with Crippen LogP contribution in [-0.4, -0.2) is 17.6 Å². The van der Waals surface area contributed by atoms with E-state index in [4.69, 9.17) is 4.74 Å². The highest BCUT2D eigenvalue weighted by molar-refractivity contribution is 9.10. The van der Waals surface area contributed by atoms with E-state index >= 15 is 0 Å². The van der Waals surface area contributed by atoms with Crippen LogP contribution < -0.4 is 0 Å². The van der Waals surface area contributed by atoms with E-state index < -0.39 is 0 Å². The van der Waals surface area contributed by atoms with Crippen LogP contribution in [0, 0.1) is 6.92 Å². The van der Waals surface area contributed by atoms with E-state index in [0.29, 0.717) is 11.6 Å². The number of fused-ring (bicyclic) bond motifs is 1. The summed E-state index contributed by atoms with van der Waals surface area (Å²) < 4.78 is 8.34. The van der Waals surface area contributed by atoms with Gasteiger partial charge in [-0.2, -0.15) is 0 Å². The second-order valence-corrected chi connectivity index (χ2v) is 6.49. The van der Waals surface area contributed by atoms with Crippen molar-refractivity contribution in [3.05, 3.63) is 33.9 Å². The molecule has 22 heavy (non-hydrogen) atoms. The Morgan fingerprint density at radius 2 is 1.91 bits per heavy atom. The number of esters is 1. The molecule has 0 spiro atoms. The summed E-state index contributed by atoms with van der Waals surface area (Å²) in [5.41, 5.74) is 2.96. The first-order valence-electron chi connectivity index (χ1n) is 7.93. The Kier molecular flexibility index (Phi) is 5.68. The minimum atomic E-state index is -0.288. The van der Waals surface area contributed by atoms with Crippen LogP contribution in [0.1, 0.15) is 61.5 Å². The maximum atomic E-state index is 11.8. The third-order valence-electron chi connectivity index (χ3n) is 4.21. The SMILES string of the molecule is CCCC(CCC)n1c(Br)c(C)c2cc(C(=O)OC)ccc21. The lowest BCUT2D eigenvalue weighted by Crippen LogP contribution is -2.09. The number of aryl methyl sites for hydroxylation is 1. The molecular weight excluding hydrogens is 342 g/mol. The molecule has 0 saturated heterocycles. The average Bonchev–Trinajstić information content (AvgIpc) is 2.77. The summed E-state index contributed by atoms with van der Waals surface area (Å²) >= 11 is 3.76. The Hall–Kier alpha value is -1.29. The van der Waals surface area contributed by atoms with Crippen LogP contribution in [0.2, 0.25) is 0 Å². The van der Waals surface area contributed by atoms with Crippen molar-refractivity contribution in [2.45, 2.75) is 52.5 Å². The standard InChI is InChI=1S/C18H24BrNO2/c1-5-7-14(8-6-2)20-16-10-9-13(18(21)22-4)11-15(16)12(3)17(20)19/h9-11,14H,5-8H2,1-4H3. The lowest BCUT2D eigenvalue weighted by molar-refractivity contribution is 0.0601. The van der Waals surface area contributed by atoms with Crippen LogP contribution in [0.3, 0.4) is 0 Å². The molecule has 0 saturated carbocycles. The second kappa shape index (κ2) is 7.32. The first-order valence-corrected chi connectivity index (χ1v) is 8.72. The van der Waals surface area contributed by atoms with Gasteiger partial charge in [0.1, 0.15) is 0 Å². The molecule has 2 aromatic rings. The molecule has 2 rings (SSSR count). The summed E-state index contributed by atoms with van der Waals surface area (Å²) in [6.45, 7) is 6.55. The number of ether oxygens (including phenoxy) is 1. The third-order valence-corrected chi connectivity index (χ3v) is 5.19. The van der Waals surface area contributed by atoms with E-state index in [1.165, 1.54) is 18.2 Å². The highest BCUT2D eigenvalue weighted by Crippen LogP contribution is 2.36. The number of nitrogens with zero attached hydrogens (tertiary/aromatic N) is 1. The quantitative estimate of drug-likeness (QED) is 0.620. The molecule has 0 radical (unpaired) electrons. The average molecular weight is 366 g/mol. The van der Waals surface area contributed by atoms with Crippen LogP contribution in [0.5, 0.6) is 0 Å². The number of carbonyl (C=O) groups is 1. The van der Waals surface area contributed by atoms with Crippen LogP contribution in [0.25, 0.3) is 10.9 Å². The molecule has 0 N–H and O–H groups in total. The summed E-state index contributed by atoms with van der Waals surface area (Å²) in [5, 5.41) is 1.12. The van der Waals surface area contributed by atoms with Gasteiger partial charge in [0.2, 0.25) is 0 Å². The van der Waals surface area contributed by atoms with Gasteiger partial charge in [0, 0.05) is 16.9 Å². The smallest absolute Gasteiger partial charge is 0.337 e. The van der Waals surface area contributed by atoms with E-state index in [1.807, 2.05) is 18.2 Å². The number of halogens is 1. The number of hydrogen-bond donors (Lipinski definition) is 0. The minimum Gasteiger partial charge on any atom is -0.465 e. The fourth-order valence-corrected chi connectivity index (χ4v) is 3.81. The van der Waals surface area contributed by atoms with Crippen molar-refractivity contribution in [1.29, 1.82) is 0 Å². The molecule has 0 fully saturated rings. The molecule has 0 atom stereocenters. The largest absolute Gasteiger partial charge is 0.465 e. The molecule has 0 aliphatic heterocycles. The van der Waals surface area contributed by atoms with Gasteiger partial charge in [-0.05, 0) is 59.5 Å². The maximum absolute atomic E-state index is 11.8. The van der Waals surface area contributed by atoms with E-state index in [-0.39, 0.29) is 5.97 Å². The summed E-state index contributed by atoms with van der Waals surface area (Å²) in [6.07, 6.45) is 4.65. The number of carbonyl (C=O) groups excluding carboxylic acids is 1. The molecule has 1 aromatic carbocycles. The normalized spacial score (nSPS) is 11.4. The fraction of sp³-hybridized carbons (Fsp3) is 0.500. The lowest BCUT2D eigenvalue weighted by atomic mass is 10.1. The van der Waals surface area contributed by atoms with Gasteiger partial charge < -0.3 is 9.30 Å². The number of benzene rings is 1. The number of aromatic nitrogens is 1. The van der Waals surface area contributed by atoms with E-state index in [0.717, 1.165) is 35.7 Å². The number of hydrogen-bond acceptors (Lipinski definition) is 2. The summed E-state index contributed by atoms with van der Waals surface area (Å²) in [4.78, 5) is 11.8. The van der Waals surface area contributed by atoms with Gasteiger partial charge in [0.05, 0.1) is 17.3 Å². The molecule has 0 aliphatic rings. The van der Waals surface area contributed by atoms with Crippen LogP contribution in [0.4, 0.5) is 0 Å². The topological polar surface area (TPSA) is 31.2 Å². The molecule has 1 aromatic heterocycles. The van der Waals surface area contributed by atoms with Crippen molar-refractivity contribution in [1.82, 2.24) is 4.57 Å². The molecule has 0 amide bonds. The Morgan fingerprint density at radius 3 is 2.45 bits per heavy atom. The van der Waals surface area contributed by atoms with Gasteiger partial charge in [0.25, 0.3) is 0 Å². The Bertz CT molecular complexity index is 669. The van der Waals surface area contributed by atoms with Crippen molar-refractivity contribution in [2.24, 2.45) is 0 Å². The van der Waals surface area contributed by atoms with Crippen LogP contribution in [-0.2, 0) is 4.74 Å². The van der Waals surface area contributed by atoms with E-state index in [9.17, 15) is 4.79 Å². The van der Waals surface area contributed by atoms with Gasteiger partial charge in [0.15, 0.2) is 0 Å². The Balaban J connectivity index is 2.60. The zero-order valence-electron chi connectivity index (χ0n) is 13.8.